The Bertz CT molecular complexity index is 1050. The van der Waals surface area contributed by atoms with Gasteiger partial charge in [-0.2, -0.15) is 0 Å². The van der Waals surface area contributed by atoms with E-state index in [1.165, 1.54) is 16.9 Å². The third-order valence-corrected chi connectivity index (χ3v) is 7.02. The molecule has 1 fully saturated rings. The number of hydrogen-bond acceptors (Lipinski definition) is 7. The molecule has 1 aromatic heterocycles. The molecule has 2 heterocycles. The number of hydrogen-bond donors (Lipinski definition) is 0. The Labute approximate surface area is 203 Å². The second-order valence-electron chi connectivity index (χ2n) is 9.72. The zero-order valence-electron chi connectivity index (χ0n) is 21.3. The van der Waals surface area contributed by atoms with Crippen LogP contribution in [0.2, 0.25) is 0 Å². The summed E-state index contributed by atoms with van der Waals surface area (Å²) in [6.07, 6.45) is 0.947. The van der Waals surface area contributed by atoms with E-state index < -0.39 is 0 Å². The van der Waals surface area contributed by atoms with Crippen molar-refractivity contribution in [3.63, 3.8) is 0 Å². The van der Waals surface area contributed by atoms with E-state index >= 15 is 0 Å². The Kier molecular flexibility index (Phi) is 7.07. The van der Waals surface area contributed by atoms with E-state index in [0.29, 0.717) is 0 Å². The van der Waals surface area contributed by atoms with Crippen molar-refractivity contribution in [3.8, 4) is 5.75 Å². The van der Waals surface area contributed by atoms with Gasteiger partial charge in [-0.05, 0) is 72.7 Å². The monoisotopic (exact) mass is 463 g/mol. The molecule has 0 aliphatic carbocycles. The zero-order chi connectivity index (χ0) is 24.3. The van der Waals surface area contributed by atoms with Crippen LogP contribution in [0, 0.1) is 0 Å². The number of tetrazole rings is 1. The molecule has 0 N–H and O–H groups in total. The average molecular weight is 464 g/mol. The van der Waals surface area contributed by atoms with Gasteiger partial charge in [0, 0.05) is 51.6 Å². The molecular formula is C26H37N7O. The van der Waals surface area contributed by atoms with E-state index in [2.05, 4.69) is 101 Å². The smallest absolute Gasteiger partial charge is 0.173 e. The van der Waals surface area contributed by atoms with E-state index in [0.717, 1.165) is 44.2 Å². The summed E-state index contributed by atoms with van der Waals surface area (Å²) < 4.78 is 7.34. The van der Waals surface area contributed by atoms with Gasteiger partial charge >= 0.3 is 0 Å². The van der Waals surface area contributed by atoms with Gasteiger partial charge in [0.05, 0.1) is 18.7 Å². The van der Waals surface area contributed by atoms with E-state index in [1.54, 1.807) is 7.11 Å². The van der Waals surface area contributed by atoms with Crippen LogP contribution in [0.1, 0.15) is 44.6 Å². The van der Waals surface area contributed by atoms with Crippen LogP contribution in [-0.2, 0) is 5.54 Å². The van der Waals surface area contributed by atoms with Crippen molar-refractivity contribution in [3.05, 3.63) is 59.9 Å². The Balaban J connectivity index is 1.62. The first-order valence-corrected chi connectivity index (χ1v) is 12.0. The van der Waals surface area contributed by atoms with Crippen molar-refractivity contribution in [2.45, 2.75) is 38.8 Å². The van der Waals surface area contributed by atoms with Crippen LogP contribution in [0.15, 0.2) is 48.5 Å². The molecule has 0 unspecified atom stereocenters. The molecule has 8 nitrogen and oxygen atoms in total. The van der Waals surface area contributed by atoms with Crippen LogP contribution in [0.4, 0.5) is 11.4 Å². The molecule has 0 bridgehead atoms. The van der Waals surface area contributed by atoms with Gasteiger partial charge < -0.3 is 14.5 Å². The van der Waals surface area contributed by atoms with Crippen LogP contribution in [-0.4, -0.2) is 72.5 Å². The SMILES string of the molecule is CCC(C)(C)n1nnnc1[C@@H](c1ccc(N(C)C)cc1)N1CCN(c2ccc(OC)cc2)CC1. The van der Waals surface area contributed by atoms with E-state index in [1.807, 2.05) is 16.8 Å². The number of benzene rings is 2. The van der Waals surface area contributed by atoms with E-state index in [9.17, 15) is 0 Å². The summed E-state index contributed by atoms with van der Waals surface area (Å²) in [7, 11) is 5.83. The van der Waals surface area contributed by atoms with Crippen LogP contribution in [0.3, 0.4) is 0 Å². The normalized spacial score (nSPS) is 15.9. The lowest BCUT2D eigenvalue weighted by molar-refractivity contribution is 0.187. The molecule has 34 heavy (non-hydrogen) atoms. The summed E-state index contributed by atoms with van der Waals surface area (Å²) in [4.78, 5) is 7.07. The minimum absolute atomic E-state index is 0.00458. The third kappa shape index (κ3) is 4.87. The number of ether oxygens (including phenoxy) is 1. The van der Waals surface area contributed by atoms with Crippen LogP contribution >= 0.6 is 0 Å². The minimum atomic E-state index is -0.161. The van der Waals surface area contributed by atoms with Crippen molar-refractivity contribution in [1.29, 1.82) is 0 Å². The number of nitrogens with zero attached hydrogens (tertiary/aromatic N) is 7. The van der Waals surface area contributed by atoms with Crippen LogP contribution in [0.25, 0.3) is 0 Å². The predicted octanol–water partition coefficient (Wildman–Crippen LogP) is 3.80. The molecular weight excluding hydrogens is 426 g/mol. The van der Waals surface area contributed by atoms with E-state index in [4.69, 9.17) is 4.74 Å². The molecule has 0 spiro atoms. The maximum atomic E-state index is 5.32. The quantitative estimate of drug-likeness (QED) is 0.503. The maximum Gasteiger partial charge on any atom is 0.173 e. The predicted molar refractivity (Wildman–Crippen MR) is 137 cm³/mol. The molecule has 1 atom stereocenters. The molecule has 1 saturated heterocycles. The Morgan fingerprint density at radius 1 is 0.971 bits per heavy atom. The number of anilines is 2. The van der Waals surface area contributed by atoms with Gasteiger partial charge in [0.1, 0.15) is 5.75 Å². The molecule has 1 aliphatic rings. The lowest BCUT2D eigenvalue weighted by Crippen LogP contribution is -2.48. The highest BCUT2D eigenvalue weighted by Crippen LogP contribution is 2.33. The van der Waals surface area contributed by atoms with Gasteiger partial charge in [-0.1, -0.05) is 19.1 Å². The molecule has 2 aromatic carbocycles. The largest absolute Gasteiger partial charge is 0.497 e. The van der Waals surface area contributed by atoms with Crippen molar-refractivity contribution >= 4 is 11.4 Å². The lowest BCUT2D eigenvalue weighted by Gasteiger charge is -2.40. The Morgan fingerprint density at radius 3 is 2.18 bits per heavy atom. The first-order valence-electron chi connectivity index (χ1n) is 12.0. The number of rotatable bonds is 8. The minimum Gasteiger partial charge on any atom is -0.497 e. The third-order valence-electron chi connectivity index (χ3n) is 7.02. The van der Waals surface area contributed by atoms with Gasteiger partial charge in [0.2, 0.25) is 0 Å². The van der Waals surface area contributed by atoms with Crippen molar-refractivity contribution in [1.82, 2.24) is 25.1 Å². The molecule has 0 amide bonds. The Morgan fingerprint density at radius 2 is 1.62 bits per heavy atom. The fourth-order valence-corrected chi connectivity index (χ4v) is 4.45. The zero-order valence-corrected chi connectivity index (χ0v) is 21.3. The fraction of sp³-hybridized carbons (Fsp3) is 0.500. The average Bonchev–Trinajstić information content (AvgIpc) is 3.35. The van der Waals surface area contributed by atoms with Crippen molar-refractivity contribution in [2.24, 2.45) is 0 Å². The number of aromatic nitrogens is 4. The molecule has 8 heteroatoms. The summed E-state index contributed by atoms with van der Waals surface area (Å²) in [5, 5.41) is 13.1. The summed E-state index contributed by atoms with van der Waals surface area (Å²) in [5.41, 5.74) is 3.46. The van der Waals surface area contributed by atoms with Crippen molar-refractivity contribution < 1.29 is 4.74 Å². The maximum absolute atomic E-state index is 5.32. The van der Waals surface area contributed by atoms with Gasteiger partial charge in [0.25, 0.3) is 0 Å². The van der Waals surface area contributed by atoms with E-state index in [-0.39, 0.29) is 11.6 Å². The summed E-state index contributed by atoms with van der Waals surface area (Å²) in [6, 6.07) is 17.1. The fourth-order valence-electron chi connectivity index (χ4n) is 4.45. The molecule has 0 radical (unpaired) electrons. The number of piperazine rings is 1. The second-order valence-corrected chi connectivity index (χ2v) is 9.72. The van der Waals surface area contributed by atoms with Gasteiger partial charge in [0.15, 0.2) is 5.82 Å². The topological polar surface area (TPSA) is 62.6 Å². The standard InChI is InChI=1S/C26H37N7O/c1-7-26(2,3)33-25(27-28-29-33)24(20-8-10-21(11-9-20)30(4)5)32-18-16-31(17-19-32)22-12-14-23(34-6)15-13-22/h8-15,24H,7,16-19H2,1-6H3/t24-/m1/s1. The molecule has 182 valence electrons. The first-order chi connectivity index (χ1) is 16.3. The summed E-state index contributed by atoms with van der Waals surface area (Å²) in [6.45, 7) is 10.3. The molecule has 0 saturated carbocycles. The number of methoxy groups -OCH3 is 1. The highest BCUT2D eigenvalue weighted by molar-refractivity contribution is 5.50. The van der Waals surface area contributed by atoms with Crippen molar-refractivity contribution in [2.75, 3.05) is 57.2 Å². The molecule has 1 aliphatic heterocycles. The highest BCUT2D eigenvalue weighted by atomic mass is 16.5. The van der Waals surface area contributed by atoms with Crippen LogP contribution in [0.5, 0.6) is 5.75 Å². The molecule has 3 aromatic rings. The lowest BCUT2D eigenvalue weighted by atomic mass is 9.98. The highest BCUT2D eigenvalue weighted by Gasteiger charge is 2.34. The van der Waals surface area contributed by atoms with Gasteiger partial charge in [-0.25, -0.2) is 4.68 Å². The second kappa shape index (κ2) is 10.0. The summed E-state index contributed by atoms with van der Waals surface area (Å²) in [5.74, 6) is 1.79. The molecule has 4 rings (SSSR count). The summed E-state index contributed by atoms with van der Waals surface area (Å²) >= 11 is 0. The first kappa shape index (κ1) is 24.0. The Hall–Kier alpha value is -3.13. The van der Waals surface area contributed by atoms with Gasteiger partial charge in [-0.3, -0.25) is 4.90 Å². The van der Waals surface area contributed by atoms with Crippen LogP contribution < -0.4 is 14.5 Å². The van der Waals surface area contributed by atoms with Gasteiger partial charge in [-0.15, -0.1) is 5.10 Å².